The first-order chi connectivity index (χ1) is 21.8. The maximum absolute atomic E-state index is 12.0. The maximum Gasteiger partial charge on any atom is 0.324 e. The van der Waals surface area contributed by atoms with Crippen LogP contribution in [0.2, 0.25) is 10.0 Å². The highest BCUT2D eigenvalue weighted by Crippen LogP contribution is 2.40. The van der Waals surface area contributed by atoms with Gasteiger partial charge in [-0.15, -0.1) is 0 Å². The second-order valence-electron chi connectivity index (χ2n) is 11.0. The quantitative estimate of drug-likeness (QED) is 0.236. The van der Waals surface area contributed by atoms with Gasteiger partial charge < -0.3 is 33.7 Å². The van der Waals surface area contributed by atoms with Gasteiger partial charge in [-0.05, 0) is 55.3 Å². The molecule has 3 heterocycles. The Balaban J connectivity index is 1.05. The standard InChI is InChI=1S/C31H40Cl2N6O5S/c1-23(41-2)20-45-36-30(40)35-10-12-37-13-15-39(16-14-37)25-4-6-26(7-5-25)42-18-27-19-43-31(44-27,21-38-11-9-34-22-38)28-8-3-24(32)17-29(28)33/h3-9,11,17,22-23,27H,10,12-16,18-21H2,1-2H3,(H2,35,36,40). The summed E-state index contributed by atoms with van der Waals surface area (Å²) in [5, 5.41) is 3.94. The van der Waals surface area contributed by atoms with Crippen LogP contribution < -0.4 is 19.7 Å². The number of imidazole rings is 1. The number of piperazine rings is 1. The van der Waals surface area contributed by atoms with Gasteiger partial charge in [-0.2, -0.15) is 0 Å². The number of nitrogens with zero attached hydrogens (tertiary/aromatic N) is 4. The molecule has 2 fully saturated rings. The molecular weight excluding hydrogens is 639 g/mol. The lowest BCUT2D eigenvalue weighted by Crippen LogP contribution is -2.48. The molecule has 0 saturated carbocycles. The van der Waals surface area contributed by atoms with Crippen molar-refractivity contribution in [2.75, 3.05) is 70.2 Å². The largest absolute Gasteiger partial charge is 0.491 e. The normalized spacial score (nSPS) is 21.1. The first-order valence-electron chi connectivity index (χ1n) is 14.9. The average molecular weight is 680 g/mol. The lowest BCUT2D eigenvalue weighted by molar-refractivity contribution is -0.189. The Hall–Kier alpha value is -2.71. The van der Waals surface area contributed by atoms with Gasteiger partial charge in [-0.3, -0.25) is 9.62 Å². The molecule has 5 rings (SSSR count). The minimum atomic E-state index is -1.09. The summed E-state index contributed by atoms with van der Waals surface area (Å²) in [5.41, 5.74) is 1.86. The van der Waals surface area contributed by atoms with Crippen molar-refractivity contribution in [1.82, 2.24) is 24.5 Å². The number of nitrogens with one attached hydrogen (secondary N) is 2. The van der Waals surface area contributed by atoms with E-state index in [9.17, 15) is 4.79 Å². The van der Waals surface area contributed by atoms with Crippen LogP contribution in [-0.2, 0) is 26.5 Å². The van der Waals surface area contributed by atoms with Crippen LogP contribution in [0, 0.1) is 0 Å². The van der Waals surface area contributed by atoms with Crippen molar-refractivity contribution >= 4 is 46.9 Å². The Kier molecular flexibility index (Phi) is 12.1. The Morgan fingerprint density at radius 3 is 2.69 bits per heavy atom. The van der Waals surface area contributed by atoms with Crippen LogP contribution in [-0.4, -0.2) is 98.0 Å². The smallest absolute Gasteiger partial charge is 0.324 e. The van der Waals surface area contributed by atoms with E-state index in [0.717, 1.165) is 44.2 Å². The van der Waals surface area contributed by atoms with Crippen LogP contribution in [0.1, 0.15) is 12.5 Å². The molecule has 0 spiro atoms. The SMILES string of the molecule is COC(C)CSNC(=O)NCCN1CCN(c2ccc(OCC3COC(Cn4ccnc4)(c4ccc(Cl)cc4Cl)O3)cc2)CC1. The maximum atomic E-state index is 12.0. The van der Waals surface area contributed by atoms with Crippen molar-refractivity contribution < 1.29 is 23.7 Å². The molecule has 2 N–H and O–H groups in total. The molecule has 2 aliphatic rings. The molecule has 2 aromatic carbocycles. The van der Waals surface area contributed by atoms with E-state index in [1.807, 2.05) is 35.9 Å². The summed E-state index contributed by atoms with van der Waals surface area (Å²) in [7, 11) is 1.66. The summed E-state index contributed by atoms with van der Waals surface area (Å²) in [6, 6.07) is 13.3. The molecule has 11 nitrogen and oxygen atoms in total. The summed E-state index contributed by atoms with van der Waals surface area (Å²) in [6.45, 7) is 8.12. The number of hydrogen-bond acceptors (Lipinski definition) is 9. The van der Waals surface area contributed by atoms with Crippen molar-refractivity contribution in [1.29, 1.82) is 0 Å². The third kappa shape index (κ3) is 9.41. The molecule has 0 radical (unpaired) electrons. The first kappa shape index (κ1) is 33.6. The zero-order chi connectivity index (χ0) is 31.6. The van der Waals surface area contributed by atoms with Gasteiger partial charge in [0.15, 0.2) is 0 Å². The molecule has 3 aromatic rings. The molecule has 2 amide bonds. The summed E-state index contributed by atoms with van der Waals surface area (Å²) in [5.74, 6) is 0.377. The molecule has 2 saturated heterocycles. The van der Waals surface area contributed by atoms with E-state index in [0.29, 0.717) is 47.7 Å². The number of aromatic nitrogens is 2. The number of hydrogen-bond donors (Lipinski definition) is 2. The van der Waals surface area contributed by atoms with Gasteiger partial charge >= 0.3 is 6.03 Å². The fourth-order valence-electron chi connectivity index (χ4n) is 5.20. The first-order valence-corrected chi connectivity index (χ1v) is 16.7. The van der Waals surface area contributed by atoms with Gasteiger partial charge in [0.1, 0.15) is 18.5 Å². The second-order valence-corrected chi connectivity index (χ2v) is 12.7. The molecule has 0 bridgehead atoms. The van der Waals surface area contributed by atoms with Crippen molar-refractivity contribution in [3.05, 3.63) is 76.8 Å². The summed E-state index contributed by atoms with van der Waals surface area (Å²) >= 11 is 14.1. The average Bonchev–Trinajstić information content (AvgIpc) is 3.71. The number of carbonyl (C=O) groups is 1. The van der Waals surface area contributed by atoms with Gasteiger partial charge in [-0.25, -0.2) is 9.78 Å². The highest BCUT2D eigenvalue weighted by atomic mass is 35.5. The molecule has 2 aliphatic heterocycles. The van der Waals surface area contributed by atoms with E-state index in [-0.39, 0.29) is 18.2 Å². The molecular formula is C31H40Cl2N6O5S. The van der Waals surface area contributed by atoms with Crippen LogP contribution in [0.4, 0.5) is 10.5 Å². The molecule has 0 aliphatic carbocycles. The zero-order valence-electron chi connectivity index (χ0n) is 25.5. The van der Waals surface area contributed by atoms with Crippen LogP contribution in [0.15, 0.2) is 61.2 Å². The number of carbonyl (C=O) groups excluding carboxylic acids is 1. The van der Waals surface area contributed by atoms with E-state index >= 15 is 0 Å². The molecule has 45 heavy (non-hydrogen) atoms. The molecule has 3 unspecified atom stereocenters. The Morgan fingerprint density at radius 2 is 1.98 bits per heavy atom. The summed E-state index contributed by atoms with van der Waals surface area (Å²) in [6.07, 6.45) is 5.08. The van der Waals surface area contributed by atoms with Crippen LogP contribution >= 0.6 is 35.1 Å². The number of halogens is 2. The van der Waals surface area contributed by atoms with E-state index < -0.39 is 5.79 Å². The Labute approximate surface area is 278 Å². The lowest BCUT2D eigenvalue weighted by Gasteiger charge is -2.36. The fourth-order valence-corrected chi connectivity index (χ4v) is 6.41. The zero-order valence-corrected chi connectivity index (χ0v) is 27.8. The van der Waals surface area contributed by atoms with Gasteiger partial charge in [0.2, 0.25) is 5.79 Å². The monoisotopic (exact) mass is 678 g/mol. The predicted octanol–water partition coefficient (Wildman–Crippen LogP) is 4.64. The third-order valence-electron chi connectivity index (χ3n) is 7.76. The lowest BCUT2D eigenvalue weighted by atomic mass is 10.1. The number of benzene rings is 2. The molecule has 244 valence electrons. The molecule has 1 aromatic heterocycles. The number of ether oxygens (including phenoxy) is 4. The van der Waals surface area contributed by atoms with E-state index in [2.05, 4.69) is 37.0 Å². The van der Waals surface area contributed by atoms with E-state index in [1.165, 1.54) is 11.9 Å². The minimum absolute atomic E-state index is 0.0961. The van der Waals surface area contributed by atoms with Crippen molar-refractivity contribution in [3.8, 4) is 5.75 Å². The highest BCUT2D eigenvalue weighted by molar-refractivity contribution is 7.97. The van der Waals surface area contributed by atoms with E-state index in [1.54, 1.807) is 31.8 Å². The summed E-state index contributed by atoms with van der Waals surface area (Å²) in [4.78, 5) is 20.8. The fraction of sp³-hybridized carbons (Fsp3) is 0.484. The van der Waals surface area contributed by atoms with Gasteiger partial charge in [-0.1, -0.05) is 29.3 Å². The number of urea groups is 1. The minimum Gasteiger partial charge on any atom is -0.491 e. The predicted molar refractivity (Wildman–Crippen MR) is 177 cm³/mol. The van der Waals surface area contributed by atoms with Crippen LogP contribution in [0.3, 0.4) is 0 Å². The topological polar surface area (TPSA) is 102 Å². The summed E-state index contributed by atoms with van der Waals surface area (Å²) < 4.78 is 28.7. The van der Waals surface area contributed by atoms with Gasteiger partial charge in [0.25, 0.3) is 0 Å². The number of amides is 2. The van der Waals surface area contributed by atoms with Gasteiger partial charge in [0, 0.05) is 80.8 Å². The molecule has 3 atom stereocenters. The van der Waals surface area contributed by atoms with Crippen LogP contribution in [0.5, 0.6) is 5.75 Å². The number of methoxy groups -OCH3 is 1. The van der Waals surface area contributed by atoms with E-state index in [4.69, 9.17) is 42.1 Å². The van der Waals surface area contributed by atoms with Crippen molar-refractivity contribution in [3.63, 3.8) is 0 Å². The number of rotatable bonds is 14. The molecule has 14 heteroatoms. The van der Waals surface area contributed by atoms with Gasteiger partial charge in [0.05, 0.1) is 30.6 Å². The second kappa shape index (κ2) is 16.2. The van der Waals surface area contributed by atoms with Crippen LogP contribution in [0.25, 0.3) is 0 Å². The third-order valence-corrected chi connectivity index (χ3v) is 9.27. The van der Waals surface area contributed by atoms with Crippen molar-refractivity contribution in [2.24, 2.45) is 0 Å². The van der Waals surface area contributed by atoms with Crippen molar-refractivity contribution in [2.45, 2.75) is 31.5 Å². The number of anilines is 1. The Bertz CT molecular complexity index is 1360. The Morgan fingerprint density at radius 1 is 1.18 bits per heavy atom. The highest BCUT2D eigenvalue weighted by Gasteiger charge is 2.45.